The van der Waals surface area contributed by atoms with Crippen molar-refractivity contribution in [3.63, 3.8) is 0 Å². The maximum atomic E-state index is 11.0. The average molecular weight is 268 g/mol. The van der Waals surface area contributed by atoms with E-state index in [4.69, 9.17) is 15.7 Å². The van der Waals surface area contributed by atoms with Crippen molar-refractivity contribution in [1.82, 2.24) is 4.98 Å². The summed E-state index contributed by atoms with van der Waals surface area (Å²) in [5, 5.41) is 22.3. The van der Waals surface area contributed by atoms with Crippen LogP contribution < -0.4 is 10.5 Å². The van der Waals surface area contributed by atoms with Crippen LogP contribution in [0, 0.1) is 10.1 Å². The lowest BCUT2D eigenvalue weighted by Gasteiger charge is -2.12. The normalized spacial score (nSPS) is 13.1. The number of pyridine rings is 1. The molecule has 1 heterocycles. The molecule has 1 unspecified atom stereocenters. The molecular formula is C11H16N4O4. The third-order valence-corrected chi connectivity index (χ3v) is 2.44. The Kier molecular flexibility index (Phi) is 5.04. The summed E-state index contributed by atoms with van der Waals surface area (Å²) in [7, 11) is 0. The fourth-order valence-corrected chi connectivity index (χ4v) is 1.52. The number of oxime groups is 1. The summed E-state index contributed by atoms with van der Waals surface area (Å²) in [4.78, 5) is 14.2. The zero-order valence-corrected chi connectivity index (χ0v) is 10.7. The van der Waals surface area contributed by atoms with Gasteiger partial charge in [-0.1, -0.05) is 18.5 Å². The molecule has 19 heavy (non-hydrogen) atoms. The fourth-order valence-electron chi connectivity index (χ4n) is 1.52. The highest BCUT2D eigenvalue weighted by molar-refractivity contribution is 5.97. The van der Waals surface area contributed by atoms with E-state index < -0.39 is 4.92 Å². The van der Waals surface area contributed by atoms with Gasteiger partial charge in [-0.3, -0.25) is 10.1 Å². The van der Waals surface area contributed by atoms with Crippen LogP contribution in [-0.4, -0.2) is 27.1 Å². The van der Waals surface area contributed by atoms with E-state index in [-0.39, 0.29) is 29.1 Å². The van der Waals surface area contributed by atoms with Gasteiger partial charge in [0.05, 0.1) is 11.0 Å². The van der Waals surface area contributed by atoms with Gasteiger partial charge in [-0.15, -0.1) is 0 Å². The summed E-state index contributed by atoms with van der Waals surface area (Å²) in [6.07, 6.45) is 2.75. The van der Waals surface area contributed by atoms with Gasteiger partial charge in [-0.25, -0.2) is 4.98 Å². The summed E-state index contributed by atoms with van der Waals surface area (Å²) in [5.41, 5.74) is 5.20. The number of rotatable bonds is 6. The Morgan fingerprint density at radius 2 is 2.42 bits per heavy atom. The van der Waals surface area contributed by atoms with Crippen molar-refractivity contribution in [2.75, 3.05) is 0 Å². The predicted octanol–water partition coefficient (Wildman–Crippen LogP) is 1.65. The van der Waals surface area contributed by atoms with Crippen LogP contribution in [0.25, 0.3) is 0 Å². The highest BCUT2D eigenvalue weighted by Crippen LogP contribution is 2.26. The SMILES string of the molecule is CCCC(C)Oc1ncc(C(N)=NO)cc1[N+](=O)[O-]. The molecule has 0 amide bonds. The molecule has 1 atom stereocenters. The van der Waals surface area contributed by atoms with E-state index in [0.29, 0.717) is 0 Å². The quantitative estimate of drug-likeness (QED) is 0.266. The van der Waals surface area contributed by atoms with Gasteiger partial charge in [-0.05, 0) is 13.3 Å². The number of nitrogens with two attached hydrogens (primary N) is 1. The first-order valence-electron chi connectivity index (χ1n) is 5.78. The van der Waals surface area contributed by atoms with Crippen LogP contribution in [0.3, 0.4) is 0 Å². The van der Waals surface area contributed by atoms with Gasteiger partial charge in [0.15, 0.2) is 5.84 Å². The van der Waals surface area contributed by atoms with Crippen LogP contribution in [0.15, 0.2) is 17.4 Å². The molecule has 0 aliphatic heterocycles. The van der Waals surface area contributed by atoms with Gasteiger partial charge in [0.1, 0.15) is 0 Å². The maximum absolute atomic E-state index is 11.0. The minimum absolute atomic E-state index is 0.0690. The van der Waals surface area contributed by atoms with Gasteiger partial charge in [0, 0.05) is 17.8 Å². The molecule has 0 aliphatic rings. The molecule has 1 rings (SSSR count). The lowest BCUT2D eigenvalue weighted by molar-refractivity contribution is -0.386. The molecule has 0 saturated carbocycles. The number of hydrogen-bond acceptors (Lipinski definition) is 6. The second-order valence-electron chi connectivity index (χ2n) is 4.01. The van der Waals surface area contributed by atoms with E-state index in [9.17, 15) is 10.1 Å². The summed E-state index contributed by atoms with van der Waals surface area (Å²) in [6.45, 7) is 3.80. The second-order valence-corrected chi connectivity index (χ2v) is 4.01. The maximum Gasteiger partial charge on any atom is 0.331 e. The van der Waals surface area contributed by atoms with Crippen molar-refractivity contribution in [3.05, 3.63) is 27.9 Å². The minimum atomic E-state index is -0.616. The molecule has 1 aromatic heterocycles. The fraction of sp³-hybridized carbons (Fsp3) is 0.455. The zero-order valence-electron chi connectivity index (χ0n) is 10.7. The second kappa shape index (κ2) is 6.53. The molecule has 1 aromatic rings. The van der Waals surface area contributed by atoms with Crippen molar-refractivity contribution in [2.45, 2.75) is 32.8 Å². The van der Waals surface area contributed by atoms with Gasteiger partial charge < -0.3 is 15.7 Å². The Morgan fingerprint density at radius 3 is 2.95 bits per heavy atom. The standard InChI is InChI=1S/C11H16N4O4/c1-3-4-7(2)19-11-9(15(17)18)5-8(6-13-11)10(12)14-16/h5-7,16H,3-4H2,1-2H3,(H2,12,14). The molecule has 0 radical (unpaired) electrons. The summed E-state index contributed by atoms with van der Waals surface area (Å²) in [5.74, 6) is -0.316. The van der Waals surface area contributed by atoms with Gasteiger partial charge >= 0.3 is 5.69 Å². The number of hydrogen-bond donors (Lipinski definition) is 2. The van der Waals surface area contributed by atoms with E-state index >= 15 is 0 Å². The molecule has 8 nitrogen and oxygen atoms in total. The van der Waals surface area contributed by atoms with E-state index in [1.54, 1.807) is 0 Å². The molecule has 0 aromatic carbocycles. The third-order valence-electron chi connectivity index (χ3n) is 2.44. The molecule has 0 spiro atoms. The van der Waals surface area contributed by atoms with Crippen molar-refractivity contribution in [2.24, 2.45) is 10.9 Å². The van der Waals surface area contributed by atoms with Crippen LogP contribution in [0.2, 0.25) is 0 Å². The van der Waals surface area contributed by atoms with Crippen molar-refractivity contribution in [3.8, 4) is 5.88 Å². The predicted molar refractivity (Wildman–Crippen MR) is 68.4 cm³/mol. The number of nitro groups is 1. The smallest absolute Gasteiger partial charge is 0.331 e. The molecule has 0 fully saturated rings. The van der Waals surface area contributed by atoms with Crippen molar-refractivity contribution >= 4 is 11.5 Å². The average Bonchev–Trinajstić information content (AvgIpc) is 2.38. The summed E-state index contributed by atoms with van der Waals surface area (Å²) < 4.78 is 5.42. The van der Waals surface area contributed by atoms with E-state index in [0.717, 1.165) is 18.9 Å². The lowest BCUT2D eigenvalue weighted by Crippen LogP contribution is -2.16. The lowest BCUT2D eigenvalue weighted by atomic mass is 10.2. The van der Waals surface area contributed by atoms with Crippen LogP contribution in [0.1, 0.15) is 32.3 Å². The van der Waals surface area contributed by atoms with Crippen molar-refractivity contribution in [1.29, 1.82) is 0 Å². The number of amidine groups is 1. The number of aromatic nitrogens is 1. The molecule has 0 aliphatic carbocycles. The highest BCUT2D eigenvalue weighted by Gasteiger charge is 2.20. The van der Waals surface area contributed by atoms with E-state index in [2.05, 4.69) is 10.1 Å². The largest absolute Gasteiger partial charge is 0.470 e. The summed E-state index contributed by atoms with van der Waals surface area (Å²) >= 11 is 0. The highest BCUT2D eigenvalue weighted by atomic mass is 16.6. The first kappa shape index (κ1) is 14.7. The first-order valence-corrected chi connectivity index (χ1v) is 5.78. The Balaban J connectivity index is 3.08. The topological polar surface area (TPSA) is 124 Å². The first-order chi connectivity index (χ1) is 8.99. The zero-order chi connectivity index (χ0) is 14.4. The molecule has 104 valence electrons. The summed E-state index contributed by atoms with van der Waals surface area (Å²) in [6, 6.07) is 1.16. The van der Waals surface area contributed by atoms with Gasteiger partial charge in [0.2, 0.25) is 0 Å². The van der Waals surface area contributed by atoms with Crippen LogP contribution in [0.5, 0.6) is 5.88 Å². The Labute approximate surface area is 110 Å². The number of ether oxygens (including phenoxy) is 1. The molecule has 8 heteroatoms. The van der Waals surface area contributed by atoms with Crippen molar-refractivity contribution < 1.29 is 14.9 Å². The van der Waals surface area contributed by atoms with Crippen LogP contribution in [0.4, 0.5) is 5.69 Å². The van der Waals surface area contributed by atoms with E-state index in [1.807, 2.05) is 13.8 Å². The third kappa shape index (κ3) is 3.80. The Hall–Kier alpha value is -2.38. The minimum Gasteiger partial charge on any atom is -0.470 e. The van der Waals surface area contributed by atoms with Gasteiger partial charge in [-0.2, -0.15) is 0 Å². The van der Waals surface area contributed by atoms with Crippen LogP contribution in [-0.2, 0) is 0 Å². The van der Waals surface area contributed by atoms with E-state index in [1.165, 1.54) is 6.20 Å². The molecule has 0 bridgehead atoms. The monoisotopic (exact) mass is 268 g/mol. The Bertz CT molecular complexity index is 490. The molecule has 3 N–H and O–H groups in total. The Morgan fingerprint density at radius 1 is 1.74 bits per heavy atom. The molecular weight excluding hydrogens is 252 g/mol. The van der Waals surface area contributed by atoms with Gasteiger partial charge in [0.25, 0.3) is 5.88 Å². The van der Waals surface area contributed by atoms with Crippen LogP contribution >= 0.6 is 0 Å². The number of nitrogens with zero attached hydrogens (tertiary/aromatic N) is 3. The molecule has 0 saturated heterocycles.